The summed E-state index contributed by atoms with van der Waals surface area (Å²) in [5.74, 6) is -1.15. The lowest BCUT2D eigenvalue weighted by atomic mass is 10.2. The fourth-order valence-corrected chi connectivity index (χ4v) is 0.479. The monoisotopic (exact) mass is 213 g/mol. The zero-order valence-electron chi connectivity index (χ0n) is 6.70. The van der Waals surface area contributed by atoms with Gasteiger partial charge in [-0.2, -0.15) is 13.2 Å². The summed E-state index contributed by atoms with van der Waals surface area (Å²) in [4.78, 5) is -0.384. The summed E-state index contributed by atoms with van der Waals surface area (Å²) in [7, 11) is 1.31. The van der Waals surface area contributed by atoms with Crippen LogP contribution in [-0.4, -0.2) is 18.2 Å². The number of nitrogens with one attached hydrogen (secondary N) is 1. The van der Waals surface area contributed by atoms with Crippen LogP contribution >= 0.6 is 12.2 Å². The SMILES string of the molecule is C=C(/C=C(/F)C(=S)NC)C(F)(F)F. The maximum atomic E-state index is 12.7. The lowest BCUT2D eigenvalue weighted by Crippen LogP contribution is -2.17. The van der Waals surface area contributed by atoms with Gasteiger partial charge in [0, 0.05) is 7.05 Å². The van der Waals surface area contributed by atoms with Crippen LogP contribution in [0, 0.1) is 0 Å². The van der Waals surface area contributed by atoms with Gasteiger partial charge in [0.15, 0.2) is 5.83 Å². The summed E-state index contributed by atoms with van der Waals surface area (Å²) in [5, 5.41) is 2.20. The lowest BCUT2D eigenvalue weighted by Gasteiger charge is -2.05. The smallest absolute Gasteiger partial charge is 0.377 e. The fraction of sp³-hybridized carbons (Fsp3) is 0.286. The Hall–Kier alpha value is -0.910. The van der Waals surface area contributed by atoms with Crippen LogP contribution in [0.1, 0.15) is 0 Å². The molecule has 0 aromatic rings. The van der Waals surface area contributed by atoms with Crippen molar-refractivity contribution in [3.8, 4) is 0 Å². The van der Waals surface area contributed by atoms with Gasteiger partial charge in [-0.3, -0.25) is 0 Å². The third-order valence-electron chi connectivity index (χ3n) is 1.11. The minimum atomic E-state index is -4.62. The highest BCUT2D eigenvalue weighted by molar-refractivity contribution is 7.80. The second kappa shape index (κ2) is 4.36. The summed E-state index contributed by atoms with van der Waals surface area (Å²) >= 11 is 4.36. The van der Waals surface area contributed by atoms with Crippen LogP contribution in [-0.2, 0) is 0 Å². The molecule has 0 spiro atoms. The molecule has 74 valence electrons. The molecular formula is C7H7F4NS. The van der Waals surface area contributed by atoms with Gasteiger partial charge in [0.1, 0.15) is 4.99 Å². The topological polar surface area (TPSA) is 12.0 Å². The molecule has 0 amide bonds. The molecule has 0 bridgehead atoms. The highest BCUT2D eigenvalue weighted by atomic mass is 32.1. The van der Waals surface area contributed by atoms with Crippen molar-refractivity contribution in [1.82, 2.24) is 5.32 Å². The van der Waals surface area contributed by atoms with Gasteiger partial charge in [0.25, 0.3) is 0 Å². The molecule has 0 atom stereocenters. The van der Waals surface area contributed by atoms with E-state index in [0.29, 0.717) is 0 Å². The van der Waals surface area contributed by atoms with Crippen molar-refractivity contribution >= 4 is 17.2 Å². The number of rotatable bonds is 2. The van der Waals surface area contributed by atoms with Crippen LogP contribution in [0.5, 0.6) is 0 Å². The Labute approximate surface area is 78.1 Å². The van der Waals surface area contributed by atoms with Crippen molar-refractivity contribution in [3.63, 3.8) is 0 Å². The van der Waals surface area contributed by atoms with Crippen molar-refractivity contribution in [2.45, 2.75) is 6.18 Å². The van der Waals surface area contributed by atoms with Gasteiger partial charge in [-0.15, -0.1) is 0 Å². The van der Waals surface area contributed by atoms with Crippen molar-refractivity contribution in [2.24, 2.45) is 0 Å². The van der Waals surface area contributed by atoms with Gasteiger partial charge in [-0.25, -0.2) is 4.39 Å². The largest absolute Gasteiger partial charge is 0.415 e. The molecule has 13 heavy (non-hydrogen) atoms. The molecule has 0 saturated carbocycles. The number of hydrogen-bond donors (Lipinski definition) is 1. The third-order valence-corrected chi connectivity index (χ3v) is 1.51. The van der Waals surface area contributed by atoms with Crippen molar-refractivity contribution in [3.05, 3.63) is 24.1 Å². The second-order valence-corrected chi connectivity index (χ2v) is 2.50. The standard InChI is InChI=1S/C7H7F4NS/c1-4(7(9,10)11)3-5(8)6(13)12-2/h3H,1H2,2H3,(H,12,13)/b5-3+. The molecular weight excluding hydrogens is 206 g/mol. The van der Waals surface area contributed by atoms with Gasteiger partial charge in [-0.1, -0.05) is 18.8 Å². The molecule has 0 aromatic carbocycles. The van der Waals surface area contributed by atoms with Crippen LogP contribution in [0.15, 0.2) is 24.1 Å². The van der Waals surface area contributed by atoms with E-state index in [1.54, 1.807) is 0 Å². The molecule has 6 heteroatoms. The number of halogens is 4. The molecule has 0 unspecified atom stereocenters. The van der Waals surface area contributed by atoms with Gasteiger partial charge in [-0.05, 0) is 6.08 Å². The van der Waals surface area contributed by atoms with E-state index in [4.69, 9.17) is 0 Å². The molecule has 1 nitrogen and oxygen atoms in total. The quantitative estimate of drug-likeness (QED) is 0.327. The lowest BCUT2D eigenvalue weighted by molar-refractivity contribution is -0.0879. The minimum Gasteiger partial charge on any atom is -0.377 e. The molecule has 0 fully saturated rings. The Kier molecular flexibility index (Phi) is 4.06. The van der Waals surface area contributed by atoms with Gasteiger partial charge < -0.3 is 5.32 Å². The Morgan fingerprint density at radius 2 is 1.92 bits per heavy atom. The molecule has 0 aliphatic heterocycles. The average molecular weight is 213 g/mol. The number of thiocarbonyl (C=S) groups is 1. The zero-order valence-corrected chi connectivity index (χ0v) is 7.52. The first-order valence-electron chi connectivity index (χ1n) is 3.14. The third kappa shape index (κ3) is 4.02. The Bertz CT molecular complexity index is 254. The summed E-state index contributed by atoms with van der Waals surface area (Å²) in [6, 6.07) is 0. The molecule has 0 rings (SSSR count). The van der Waals surface area contributed by atoms with Gasteiger partial charge in [0.2, 0.25) is 0 Å². The molecule has 0 aliphatic carbocycles. The number of hydrogen-bond acceptors (Lipinski definition) is 1. The van der Waals surface area contributed by atoms with Gasteiger partial charge >= 0.3 is 6.18 Å². The maximum Gasteiger partial charge on any atom is 0.415 e. The summed E-state index contributed by atoms with van der Waals surface area (Å²) in [5.41, 5.74) is -1.28. The van der Waals surface area contributed by atoms with Crippen LogP contribution in [0.2, 0.25) is 0 Å². The van der Waals surface area contributed by atoms with Crippen LogP contribution < -0.4 is 5.32 Å². The first-order chi connectivity index (χ1) is 5.79. The van der Waals surface area contributed by atoms with Crippen LogP contribution in [0.25, 0.3) is 0 Å². The van der Waals surface area contributed by atoms with E-state index < -0.39 is 17.6 Å². The maximum absolute atomic E-state index is 12.7. The predicted molar refractivity (Wildman–Crippen MR) is 46.0 cm³/mol. The first kappa shape index (κ1) is 12.1. The average Bonchev–Trinajstić information content (AvgIpc) is 2.01. The molecule has 0 heterocycles. The molecule has 0 saturated heterocycles. The summed E-state index contributed by atoms with van der Waals surface area (Å²) in [6.45, 7) is 2.65. The highest BCUT2D eigenvalue weighted by Crippen LogP contribution is 2.25. The highest BCUT2D eigenvalue weighted by Gasteiger charge is 2.30. The van der Waals surface area contributed by atoms with E-state index in [0.717, 1.165) is 0 Å². The Balaban J connectivity index is 4.59. The molecule has 0 aromatic heterocycles. The first-order valence-corrected chi connectivity index (χ1v) is 3.55. The fourth-order valence-electron chi connectivity index (χ4n) is 0.420. The normalized spacial score (nSPS) is 12.5. The van der Waals surface area contributed by atoms with E-state index in [2.05, 4.69) is 24.1 Å². The predicted octanol–water partition coefficient (Wildman–Crippen LogP) is 2.51. The Morgan fingerprint density at radius 3 is 2.23 bits per heavy atom. The van der Waals surface area contributed by atoms with E-state index in [9.17, 15) is 17.6 Å². The Morgan fingerprint density at radius 1 is 1.46 bits per heavy atom. The van der Waals surface area contributed by atoms with E-state index >= 15 is 0 Å². The number of alkyl halides is 3. The van der Waals surface area contributed by atoms with Gasteiger partial charge in [0.05, 0.1) is 5.57 Å². The summed E-state index contributed by atoms with van der Waals surface area (Å²) in [6.07, 6.45) is -4.38. The zero-order chi connectivity index (χ0) is 10.6. The second-order valence-electron chi connectivity index (χ2n) is 2.09. The summed E-state index contributed by atoms with van der Waals surface area (Å²) < 4.78 is 48.1. The van der Waals surface area contributed by atoms with Crippen molar-refractivity contribution in [1.29, 1.82) is 0 Å². The molecule has 1 N–H and O–H groups in total. The molecule has 0 aliphatic rings. The number of allylic oxidation sites excluding steroid dienone is 2. The molecule has 0 radical (unpaired) electrons. The van der Waals surface area contributed by atoms with Crippen LogP contribution in [0.3, 0.4) is 0 Å². The minimum absolute atomic E-state index is 0.249. The van der Waals surface area contributed by atoms with E-state index in [1.807, 2.05) is 0 Å². The van der Waals surface area contributed by atoms with Crippen molar-refractivity contribution < 1.29 is 17.6 Å². The van der Waals surface area contributed by atoms with Crippen LogP contribution in [0.4, 0.5) is 17.6 Å². The van der Waals surface area contributed by atoms with E-state index in [1.165, 1.54) is 7.05 Å². The van der Waals surface area contributed by atoms with Crippen molar-refractivity contribution in [2.75, 3.05) is 7.05 Å². The van der Waals surface area contributed by atoms with E-state index in [-0.39, 0.29) is 11.1 Å². The number of likely N-dealkylation sites (N-methyl/N-ethyl adjacent to an activating group) is 1.